The van der Waals surface area contributed by atoms with Gasteiger partial charge < -0.3 is 30.3 Å². The van der Waals surface area contributed by atoms with Crippen molar-refractivity contribution in [2.24, 2.45) is 0 Å². The third-order valence-corrected chi connectivity index (χ3v) is 3.59. The highest BCUT2D eigenvalue weighted by molar-refractivity contribution is 8.68. The lowest BCUT2D eigenvalue weighted by molar-refractivity contribution is -0.286. The minimum atomic E-state index is -1.57. The first-order valence-corrected chi connectivity index (χ1v) is 7.59. The SMILES string of the molecule is OC[C@H]1O[C@@H](O)[C@H](O)[C@@H](O)[C@H]1O.SSc1ccccn1. The Hall–Kier alpha value is -0.390. The number of aliphatic hydroxyl groups is 5. The van der Waals surface area contributed by atoms with E-state index >= 15 is 0 Å². The van der Waals surface area contributed by atoms with Crippen molar-refractivity contribution in [3.63, 3.8) is 0 Å². The molecular weight excluding hydrogens is 306 g/mol. The van der Waals surface area contributed by atoms with Gasteiger partial charge in [0.1, 0.15) is 29.4 Å². The molecule has 9 heteroatoms. The molecule has 1 aromatic heterocycles. The topological polar surface area (TPSA) is 123 Å². The maximum Gasteiger partial charge on any atom is 0.184 e. The second-order valence-electron chi connectivity index (χ2n) is 3.98. The maximum atomic E-state index is 9.12. The molecule has 1 aliphatic rings. The van der Waals surface area contributed by atoms with Gasteiger partial charge in [-0.3, -0.25) is 0 Å². The van der Waals surface area contributed by atoms with E-state index < -0.39 is 37.3 Å². The van der Waals surface area contributed by atoms with Crippen LogP contribution in [-0.4, -0.2) is 67.8 Å². The normalized spacial score (nSPS) is 33.2. The van der Waals surface area contributed by atoms with Gasteiger partial charge in [0.05, 0.1) is 6.61 Å². The van der Waals surface area contributed by atoms with Gasteiger partial charge in [-0.05, 0) is 22.9 Å². The van der Waals surface area contributed by atoms with E-state index in [1.54, 1.807) is 6.20 Å². The van der Waals surface area contributed by atoms with Crippen molar-refractivity contribution in [3.8, 4) is 0 Å². The second kappa shape index (κ2) is 8.80. The Labute approximate surface area is 125 Å². The van der Waals surface area contributed by atoms with Crippen LogP contribution in [0.4, 0.5) is 0 Å². The quantitative estimate of drug-likeness (QED) is 0.296. The first kappa shape index (κ1) is 17.7. The Bertz CT molecular complexity index is 380. The van der Waals surface area contributed by atoms with E-state index in [-0.39, 0.29) is 0 Å². The molecule has 0 radical (unpaired) electrons. The van der Waals surface area contributed by atoms with Crippen LogP contribution >= 0.6 is 22.5 Å². The van der Waals surface area contributed by atoms with Crippen LogP contribution in [0.3, 0.4) is 0 Å². The number of aliphatic hydroxyl groups excluding tert-OH is 5. The van der Waals surface area contributed by atoms with Gasteiger partial charge in [-0.1, -0.05) is 6.07 Å². The summed E-state index contributed by atoms with van der Waals surface area (Å²) in [5.74, 6) is 0. The van der Waals surface area contributed by atoms with Gasteiger partial charge in [0.25, 0.3) is 0 Å². The minimum absolute atomic E-state index is 0.526. The molecule has 5 N–H and O–H groups in total. The van der Waals surface area contributed by atoms with Gasteiger partial charge in [0, 0.05) is 6.20 Å². The van der Waals surface area contributed by atoms with Crippen molar-refractivity contribution in [1.82, 2.24) is 4.98 Å². The van der Waals surface area contributed by atoms with Crippen molar-refractivity contribution in [1.29, 1.82) is 0 Å². The Morgan fingerprint density at radius 1 is 1.15 bits per heavy atom. The first-order valence-electron chi connectivity index (χ1n) is 5.72. The highest BCUT2D eigenvalue weighted by atomic mass is 33.1. The predicted octanol–water partition coefficient (Wildman–Crippen LogP) is -1.20. The number of rotatable bonds is 2. The molecule has 0 amide bonds. The zero-order valence-corrected chi connectivity index (χ0v) is 12.1. The summed E-state index contributed by atoms with van der Waals surface area (Å²) in [5.41, 5.74) is 0. The Morgan fingerprint density at radius 2 is 1.85 bits per heavy atom. The lowest BCUT2D eigenvalue weighted by Gasteiger charge is -2.37. The van der Waals surface area contributed by atoms with Crippen LogP contribution in [0.1, 0.15) is 0 Å². The predicted molar refractivity (Wildman–Crippen MR) is 75.1 cm³/mol. The van der Waals surface area contributed by atoms with Crippen molar-refractivity contribution >= 4 is 22.5 Å². The molecule has 1 fully saturated rings. The average Bonchev–Trinajstić information content (AvgIpc) is 2.50. The van der Waals surface area contributed by atoms with Gasteiger partial charge in [-0.25, -0.2) is 4.98 Å². The molecule has 0 bridgehead atoms. The van der Waals surface area contributed by atoms with Gasteiger partial charge in [-0.15, -0.1) is 11.7 Å². The molecule has 5 atom stereocenters. The van der Waals surface area contributed by atoms with Gasteiger partial charge in [0.2, 0.25) is 0 Å². The summed E-state index contributed by atoms with van der Waals surface area (Å²) in [5, 5.41) is 45.6. The molecule has 0 aromatic carbocycles. The number of hydrogen-bond acceptors (Lipinski definition) is 9. The summed E-state index contributed by atoms with van der Waals surface area (Å²) in [6.07, 6.45) is -5.29. The molecule has 2 rings (SSSR count). The molecule has 7 nitrogen and oxygen atoms in total. The smallest absolute Gasteiger partial charge is 0.184 e. The standard InChI is InChI=1S/C6H12O6.C5H5NS2/c7-1-2-3(8)4(9)5(10)6(11)12-2;7-8-5-3-1-2-4-6-5/h2-11H,1H2;1-4,7H/t2-,3+,4+,5-,6-;/m1./s1. The monoisotopic (exact) mass is 323 g/mol. The van der Waals surface area contributed by atoms with Crippen LogP contribution in [0.15, 0.2) is 29.4 Å². The Kier molecular flexibility index (Phi) is 7.77. The van der Waals surface area contributed by atoms with E-state index in [1.807, 2.05) is 18.2 Å². The number of pyridine rings is 1. The lowest BCUT2D eigenvalue weighted by atomic mass is 10.00. The summed E-state index contributed by atoms with van der Waals surface area (Å²) in [4.78, 5) is 3.98. The molecule has 2 heterocycles. The average molecular weight is 323 g/mol. The summed E-state index contributed by atoms with van der Waals surface area (Å²) >= 11 is 3.96. The molecular formula is C11H17NO6S2. The molecule has 1 aromatic rings. The number of thiol groups is 1. The summed E-state index contributed by atoms with van der Waals surface area (Å²) in [7, 11) is 1.35. The second-order valence-corrected chi connectivity index (χ2v) is 5.13. The molecule has 0 spiro atoms. The molecule has 114 valence electrons. The zero-order valence-electron chi connectivity index (χ0n) is 10.4. The van der Waals surface area contributed by atoms with Crippen molar-refractivity contribution in [2.45, 2.75) is 35.7 Å². The van der Waals surface area contributed by atoms with E-state index in [2.05, 4.69) is 21.4 Å². The lowest BCUT2D eigenvalue weighted by Crippen LogP contribution is -2.58. The van der Waals surface area contributed by atoms with Gasteiger partial charge >= 0.3 is 0 Å². The largest absolute Gasteiger partial charge is 0.394 e. The third kappa shape index (κ3) is 4.86. The van der Waals surface area contributed by atoms with Gasteiger partial charge in [0.15, 0.2) is 6.29 Å². The highest BCUT2D eigenvalue weighted by Crippen LogP contribution is 2.19. The Balaban J connectivity index is 0.000000217. The molecule has 0 saturated carbocycles. The molecule has 20 heavy (non-hydrogen) atoms. The van der Waals surface area contributed by atoms with Crippen molar-refractivity contribution in [3.05, 3.63) is 24.4 Å². The van der Waals surface area contributed by atoms with Crippen LogP contribution in [0.25, 0.3) is 0 Å². The maximum absolute atomic E-state index is 9.12. The number of nitrogens with zero attached hydrogens (tertiary/aromatic N) is 1. The van der Waals surface area contributed by atoms with E-state index in [0.29, 0.717) is 0 Å². The van der Waals surface area contributed by atoms with E-state index in [0.717, 1.165) is 5.03 Å². The highest BCUT2D eigenvalue weighted by Gasteiger charge is 2.42. The summed E-state index contributed by atoms with van der Waals surface area (Å²) < 4.78 is 4.58. The zero-order chi connectivity index (χ0) is 15.1. The number of aromatic nitrogens is 1. The Morgan fingerprint density at radius 3 is 2.30 bits per heavy atom. The van der Waals surface area contributed by atoms with E-state index in [9.17, 15) is 0 Å². The minimum Gasteiger partial charge on any atom is -0.394 e. The summed E-state index contributed by atoms with van der Waals surface area (Å²) in [6.45, 7) is -0.526. The number of hydrogen-bond donors (Lipinski definition) is 6. The molecule has 1 aliphatic heterocycles. The third-order valence-electron chi connectivity index (χ3n) is 2.60. The van der Waals surface area contributed by atoms with Crippen molar-refractivity contribution < 1.29 is 30.3 Å². The van der Waals surface area contributed by atoms with Crippen LogP contribution in [0.5, 0.6) is 0 Å². The fraction of sp³-hybridized carbons (Fsp3) is 0.545. The van der Waals surface area contributed by atoms with E-state index in [1.165, 1.54) is 10.8 Å². The fourth-order valence-electron chi connectivity index (χ4n) is 1.48. The fourth-order valence-corrected chi connectivity index (χ4v) is 2.05. The van der Waals surface area contributed by atoms with Crippen LogP contribution in [-0.2, 0) is 4.74 Å². The first-order chi connectivity index (χ1) is 9.51. The molecule has 1 saturated heterocycles. The van der Waals surface area contributed by atoms with Crippen LogP contribution in [0, 0.1) is 0 Å². The van der Waals surface area contributed by atoms with Gasteiger partial charge in [-0.2, -0.15) is 0 Å². The molecule has 0 aliphatic carbocycles. The number of ether oxygens (including phenoxy) is 1. The van der Waals surface area contributed by atoms with E-state index in [4.69, 9.17) is 25.5 Å². The van der Waals surface area contributed by atoms with Crippen LogP contribution < -0.4 is 0 Å². The summed E-state index contributed by atoms with van der Waals surface area (Å²) in [6, 6.07) is 5.73. The molecule has 0 unspecified atom stereocenters. The van der Waals surface area contributed by atoms with Crippen LogP contribution in [0.2, 0.25) is 0 Å². The van der Waals surface area contributed by atoms with Crippen molar-refractivity contribution in [2.75, 3.05) is 6.61 Å².